The molecule has 1 aliphatic heterocycles. The highest BCUT2D eigenvalue weighted by Gasteiger charge is 2.27. The van der Waals surface area contributed by atoms with Crippen LogP contribution in [0.15, 0.2) is 77.7 Å². The summed E-state index contributed by atoms with van der Waals surface area (Å²) in [6.45, 7) is 3.22. The molecule has 0 bridgehead atoms. The van der Waals surface area contributed by atoms with Gasteiger partial charge in [0.05, 0.1) is 23.8 Å². The maximum absolute atomic E-state index is 14.4. The van der Waals surface area contributed by atoms with Gasteiger partial charge in [-0.15, -0.1) is 0 Å². The lowest BCUT2D eigenvalue weighted by Gasteiger charge is -2.26. The molecule has 1 aliphatic rings. The van der Waals surface area contributed by atoms with Gasteiger partial charge in [-0.2, -0.15) is 8.42 Å². The Morgan fingerprint density at radius 1 is 1.00 bits per heavy atom. The molecule has 0 N–H and O–H groups in total. The van der Waals surface area contributed by atoms with Gasteiger partial charge in [0.25, 0.3) is 5.91 Å². The molecule has 0 unspecified atom stereocenters. The van der Waals surface area contributed by atoms with Crippen molar-refractivity contribution >= 4 is 22.0 Å². The summed E-state index contributed by atoms with van der Waals surface area (Å²) in [5, 5.41) is 0. The highest BCUT2D eigenvalue weighted by atomic mass is 32.2. The van der Waals surface area contributed by atoms with Crippen molar-refractivity contribution in [3.8, 4) is 5.75 Å². The largest absolute Gasteiger partial charge is 0.462 e. The third-order valence-corrected chi connectivity index (χ3v) is 7.76. The summed E-state index contributed by atoms with van der Waals surface area (Å²) < 4.78 is 56.7. The van der Waals surface area contributed by atoms with E-state index in [1.807, 2.05) is 6.92 Å². The number of carbonyl (C=O) groups is 2. The van der Waals surface area contributed by atoms with Crippen molar-refractivity contribution in [3.05, 3.63) is 95.3 Å². The van der Waals surface area contributed by atoms with E-state index in [-0.39, 0.29) is 41.0 Å². The molecule has 40 heavy (non-hydrogen) atoms. The van der Waals surface area contributed by atoms with Gasteiger partial charge < -0.3 is 18.6 Å². The zero-order chi connectivity index (χ0) is 28.5. The van der Waals surface area contributed by atoms with Crippen molar-refractivity contribution in [2.45, 2.75) is 50.2 Å². The van der Waals surface area contributed by atoms with E-state index in [0.717, 1.165) is 19.3 Å². The minimum absolute atomic E-state index is 0.0292. The molecule has 4 rings (SSSR count). The first-order chi connectivity index (χ1) is 19.3. The van der Waals surface area contributed by atoms with Gasteiger partial charge in [0.15, 0.2) is 0 Å². The van der Waals surface area contributed by atoms with Gasteiger partial charge in [-0.3, -0.25) is 4.79 Å². The predicted molar refractivity (Wildman–Crippen MR) is 146 cm³/mol. The van der Waals surface area contributed by atoms with Crippen LogP contribution in [0.2, 0.25) is 0 Å². The van der Waals surface area contributed by atoms with Crippen molar-refractivity contribution in [3.63, 3.8) is 0 Å². The van der Waals surface area contributed by atoms with Crippen molar-refractivity contribution in [2.75, 3.05) is 19.8 Å². The average Bonchev–Trinajstić information content (AvgIpc) is 3.47. The van der Waals surface area contributed by atoms with Crippen LogP contribution in [0.3, 0.4) is 0 Å². The molecule has 1 fully saturated rings. The smallest absolute Gasteiger partial charge is 0.340 e. The fourth-order valence-corrected chi connectivity index (χ4v) is 5.46. The van der Waals surface area contributed by atoms with Crippen LogP contribution < -0.4 is 4.18 Å². The van der Waals surface area contributed by atoms with Crippen LogP contribution in [0.1, 0.15) is 58.9 Å². The molecule has 0 saturated carbocycles. The Morgan fingerprint density at radius 2 is 1.70 bits per heavy atom. The third-order valence-electron chi connectivity index (χ3n) is 6.45. The second-order valence-corrected chi connectivity index (χ2v) is 11.0. The van der Waals surface area contributed by atoms with Crippen molar-refractivity contribution < 1.29 is 36.1 Å². The number of benzene rings is 3. The number of hydrogen-bond donors (Lipinski definition) is 0. The molecule has 10 heteroatoms. The highest BCUT2D eigenvalue weighted by Crippen LogP contribution is 2.24. The Bertz CT molecular complexity index is 1420. The number of hydrogen-bond acceptors (Lipinski definition) is 7. The van der Waals surface area contributed by atoms with E-state index in [1.165, 1.54) is 53.4 Å². The molecule has 0 radical (unpaired) electrons. The molecule has 1 heterocycles. The van der Waals surface area contributed by atoms with Gasteiger partial charge in [-0.05, 0) is 61.2 Å². The Hall–Kier alpha value is -3.76. The van der Waals surface area contributed by atoms with E-state index in [4.69, 9.17) is 13.7 Å². The zero-order valence-corrected chi connectivity index (χ0v) is 23.1. The summed E-state index contributed by atoms with van der Waals surface area (Å²) in [4.78, 5) is 26.9. The van der Waals surface area contributed by atoms with E-state index < -0.39 is 27.8 Å². The average molecular weight is 570 g/mol. The minimum Gasteiger partial charge on any atom is -0.462 e. The number of nitrogens with zero attached hydrogens (tertiary/aromatic N) is 1. The zero-order valence-electron chi connectivity index (χ0n) is 22.3. The normalized spacial score (nSPS) is 15.0. The van der Waals surface area contributed by atoms with Crippen molar-refractivity contribution in [2.24, 2.45) is 0 Å². The lowest BCUT2D eigenvalue weighted by molar-refractivity contribution is 0.0493. The van der Waals surface area contributed by atoms with E-state index in [2.05, 4.69) is 0 Å². The number of halogens is 1. The quantitative estimate of drug-likeness (QED) is 0.164. The molecule has 3 aromatic carbocycles. The highest BCUT2D eigenvalue weighted by molar-refractivity contribution is 7.87. The molecule has 1 amide bonds. The minimum atomic E-state index is -4.35. The molecule has 0 aromatic heterocycles. The first-order valence-corrected chi connectivity index (χ1v) is 14.6. The number of carbonyl (C=O) groups excluding carboxylic acids is 2. The molecular formula is C30H32FNO7S. The molecule has 8 nitrogen and oxygen atoms in total. The Morgan fingerprint density at radius 3 is 2.38 bits per heavy atom. The van der Waals surface area contributed by atoms with E-state index in [9.17, 15) is 22.4 Å². The first-order valence-electron chi connectivity index (χ1n) is 13.2. The molecule has 212 valence electrons. The number of ether oxygens (including phenoxy) is 2. The van der Waals surface area contributed by atoms with Crippen molar-refractivity contribution in [1.29, 1.82) is 0 Å². The number of esters is 1. The Labute approximate surface area is 233 Å². The van der Waals surface area contributed by atoms with Crippen LogP contribution in [-0.2, 0) is 26.1 Å². The number of rotatable bonds is 12. The third kappa shape index (κ3) is 7.45. The summed E-state index contributed by atoms with van der Waals surface area (Å²) in [5.74, 6) is -1.77. The first kappa shape index (κ1) is 29.2. The fraction of sp³-hybridized carbons (Fsp3) is 0.333. The number of unbranched alkanes of at least 4 members (excludes halogenated alkanes) is 1. The molecule has 0 spiro atoms. The summed E-state index contributed by atoms with van der Waals surface area (Å²) in [6.07, 6.45) is 3.06. The molecular weight excluding hydrogens is 537 g/mol. The summed E-state index contributed by atoms with van der Waals surface area (Å²) >= 11 is 0. The van der Waals surface area contributed by atoms with Gasteiger partial charge in [-0.1, -0.05) is 49.7 Å². The molecule has 1 atom stereocenters. The van der Waals surface area contributed by atoms with Crippen LogP contribution in [0, 0.1) is 5.82 Å². The van der Waals surface area contributed by atoms with Crippen LogP contribution in [0.5, 0.6) is 5.75 Å². The standard InChI is InChI=1S/C30H32FNO7S/c1-2-3-18-38-30(34)26-11-5-7-13-28(26)40(35,36)39-23-16-14-22(15-17-23)20-32(21-24-9-8-19-37-24)29(33)25-10-4-6-12-27(25)31/h4-7,10-17,24H,2-3,8-9,18-21H2,1H3/t24-/m1/s1. The lowest BCUT2D eigenvalue weighted by atomic mass is 10.1. The van der Waals surface area contributed by atoms with E-state index >= 15 is 0 Å². The van der Waals surface area contributed by atoms with Gasteiger partial charge in [0, 0.05) is 19.7 Å². The van der Waals surface area contributed by atoms with Gasteiger partial charge in [0.1, 0.15) is 16.5 Å². The summed E-state index contributed by atoms with van der Waals surface area (Å²) in [5.41, 5.74) is 0.553. The van der Waals surface area contributed by atoms with Gasteiger partial charge >= 0.3 is 16.1 Å². The fourth-order valence-electron chi connectivity index (χ4n) is 4.34. The molecule has 3 aromatic rings. The second kappa shape index (κ2) is 13.5. The molecule has 1 saturated heterocycles. The summed E-state index contributed by atoms with van der Waals surface area (Å²) in [7, 11) is -4.35. The Balaban J connectivity index is 1.49. The van der Waals surface area contributed by atoms with E-state index in [1.54, 1.807) is 24.3 Å². The monoisotopic (exact) mass is 569 g/mol. The SMILES string of the molecule is CCCCOC(=O)c1ccccc1S(=O)(=O)Oc1ccc(CN(C[C@H]2CCCO2)C(=O)c2ccccc2F)cc1. The number of amides is 1. The Kier molecular flexibility index (Phi) is 9.89. The maximum Gasteiger partial charge on any atom is 0.340 e. The van der Waals surface area contributed by atoms with Crippen molar-refractivity contribution in [1.82, 2.24) is 4.90 Å². The van der Waals surface area contributed by atoms with Crippen LogP contribution in [-0.4, -0.2) is 51.1 Å². The summed E-state index contributed by atoms with van der Waals surface area (Å²) in [6, 6.07) is 17.7. The van der Waals surface area contributed by atoms with Gasteiger partial charge in [-0.25, -0.2) is 9.18 Å². The second-order valence-electron chi connectivity index (χ2n) is 9.47. The predicted octanol–water partition coefficient (Wildman–Crippen LogP) is 5.37. The van der Waals surface area contributed by atoms with Crippen LogP contribution >= 0.6 is 0 Å². The van der Waals surface area contributed by atoms with Gasteiger partial charge in [0.2, 0.25) is 0 Å². The van der Waals surface area contributed by atoms with E-state index in [0.29, 0.717) is 25.1 Å². The van der Waals surface area contributed by atoms with Crippen LogP contribution in [0.25, 0.3) is 0 Å². The lowest BCUT2D eigenvalue weighted by Crippen LogP contribution is -2.37. The maximum atomic E-state index is 14.4. The topological polar surface area (TPSA) is 99.2 Å². The van der Waals surface area contributed by atoms with Crippen LogP contribution in [0.4, 0.5) is 4.39 Å². The molecule has 0 aliphatic carbocycles.